The van der Waals surface area contributed by atoms with Crippen LogP contribution in [0.2, 0.25) is 5.02 Å². The van der Waals surface area contributed by atoms with Gasteiger partial charge in [-0.1, -0.05) is 23.7 Å². The van der Waals surface area contributed by atoms with E-state index in [1.165, 1.54) is 33.6 Å². The van der Waals surface area contributed by atoms with Gasteiger partial charge in [0.15, 0.2) is 23.0 Å². The molecule has 188 valence electrons. The summed E-state index contributed by atoms with van der Waals surface area (Å²) >= 11 is 5.91. The number of hydrogen-bond acceptors (Lipinski definition) is 7. The number of methoxy groups -OCH3 is 3. The van der Waals surface area contributed by atoms with Gasteiger partial charge in [0.1, 0.15) is 6.61 Å². The maximum atomic E-state index is 12.3. The molecule has 0 saturated heterocycles. The van der Waals surface area contributed by atoms with Crippen molar-refractivity contribution in [3.63, 3.8) is 0 Å². The smallest absolute Gasteiger partial charge is 0.259 e. The zero-order chi connectivity index (χ0) is 25.9. The Labute approximate surface area is 214 Å². The standard InChI is InChI=1S/C26H26ClN3O6/c1-33-21-11-7-19(13-24(21)35-3)26(32)28-15-25(31)30-29-14-18-6-10-22(23(12-18)34-2)36-16-17-4-8-20(27)9-5-17/h4-14H,15-16H2,1-3H3,(H,28,32)(H,30,31). The third kappa shape index (κ3) is 7.38. The normalized spacial score (nSPS) is 10.6. The largest absolute Gasteiger partial charge is 0.493 e. The van der Waals surface area contributed by atoms with E-state index in [0.717, 1.165) is 5.56 Å². The second-order valence-electron chi connectivity index (χ2n) is 7.37. The molecule has 3 rings (SSSR count). The summed E-state index contributed by atoms with van der Waals surface area (Å²) in [4.78, 5) is 24.4. The van der Waals surface area contributed by atoms with Crippen molar-refractivity contribution in [3.05, 3.63) is 82.4 Å². The van der Waals surface area contributed by atoms with Crippen LogP contribution in [0.25, 0.3) is 0 Å². The molecule has 9 nitrogen and oxygen atoms in total. The van der Waals surface area contributed by atoms with Crippen LogP contribution in [0.4, 0.5) is 0 Å². The van der Waals surface area contributed by atoms with E-state index in [1.54, 1.807) is 42.5 Å². The first kappa shape index (κ1) is 26.4. The van der Waals surface area contributed by atoms with Gasteiger partial charge >= 0.3 is 0 Å². The first-order valence-electron chi connectivity index (χ1n) is 10.8. The van der Waals surface area contributed by atoms with E-state index in [2.05, 4.69) is 15.8 Å². The van der Waals surface area contributed by atoms with Crippen molar-refractivity contribution in [3.8, 4) is 23.0 Å². The lowest BCUT2D eigenvalue weighted by molar-refractivity contribution is -0.120. The van der Waals surface area contributed by atoms with Gasteiger partial charge in [-0.25, -0.2) is 5.43 Å². The Kier molecular flexibility index (Phi) is 9.53. The molecule has 0 radical (unpaired) electrons. The SMILES string of the molecule is COc1ccc(C(=O)NCC(=O)NN=Cc2ccc(OCc3ccc(Cl)cc3)c(OC)c2)cc1OC. The Balaban J connectivity index is 1.50. The first-order valence-corrected chi connectivity index (χ1v) is 11.2. The number of hydrogen-bond donors (Lipinski definition) is 2. The van der Waals surface area contributed by atoms with Gasteiger partial charge < -0.3 is 24.3 Å². The van der Waals surface area contributed by atoms with Gasteiger partial charge in [0, 0.05) is 10.6 Å². The number of benzene rings is 3. The van der Waals surface area contributed by atoms with E-state index in [9.17, 15) is 9.59 Å². The molecule has 0 aromatic heterocycles. The molecule has 0 saturated carbocycles. The fourth-order valence-corrected chi connectivity index (χ4v) is 3.21. The average Bonchev–Trinajstić information content (AvgIpc) is 2.91. The molecule has 0 fully saturated rings. The summed E-state index contributed by atoms with van der Waals surface area (Å²) in [7, 11) is 4.51. The van der Waals surface area contributed by atoms with Crippen molar-refractivity contribution in [2.24, 2.45) is 5.10 Å². The molecule has 0 aliphatic heterocycles. The Morgan fingerprint density at radius 3 is 2.22 bits per heavy atom. The van der Waals surface area contributed by atoms with Crippen molar-refractivity contribution in [2.75, 3.05) is 27.9 Å². The molecule has 0 spiro atoms. The summed E-state index contributed by atoms with van der Waals surface area (Å²) in [6.07, 6.45) is 1.46. The highest BCUT2D eigenvalue weighted by Crippen LogP contribution is 2.29. The summed E-state index contributed by atoms with van der Waals surface area (Å²) < 4.78 is 21.6. The predicted molar refractivity (Wildman–Crippen MR) is 136 cm³/mol. The molecule has 0 heterocycles. The molecule has 0 bridgehead atoms. The highest BCUT2D eigenvalue weighted by molar-refractivity contribution is 6.30. The lowest BCUT2D eigenvalue weighted by Crippen LogP contribution is -2.34. The number of carbonyl (C=O) groups excluding carboxylic acids is 2. The van der Waals surface area contributed by atoms with Crippen LogP contribution in [0.5, 0.6) is 23.0 Å². The molecular weight excluding hydrogens is 486 g/mol. The van der Waals surface area contributed by atoms with Gasteiger partial charge in [-0.05, 0) is 59.7 Å². The Bertz CT molecular complexity index is 1230. The molecule has 2 N–H and O–H groups in total. The summed E-state index contributed by atoms with van der Waals surface area (Å²) in [5.74, 6) is 1.06. The lowest BCUT2D eigenvalue weighted by atomic mass is 10.2. The van der Waals surface area contributed by atoms with Crippen LogP contribution in [-0.2, 0) is 11.4 Å². The van der Waals surface area contributed by atoms with Crippen LogP contribution in [0.15, 0.2) is 65.8 Å². The molecule has 36 heavy (non-hydrogen) atoms. The number of nitrogens with zero attached hydrogens (tertiary/aromatic N) is 1. The zero-order valence-corrected chi connectivity index (χ0v) is 20.8. The second-order valence-corrected chi connectivity index (χ2v) is 7.81. The Morgan fingerprint density at radius 2 is 1.53 bits per heavy atom. The molecular formula is C26H26ClN3O6. The molecule has 10 heteroatoms. The minimum Gasteiger partial charge on any atom is -0.493 e. The quantitative estimate of drug-likeness (QED) is 0.299. The van der Waals surface area contributed by atoms with Crippen LogP contribution in [-0.4, -0.2) is 45.9 Å². The van der Waals surface area contributed by atoms with Crippen molar-refractivity contribution >= 4 is 29.6 Å². The fourth-order valence-electron chi connectivity index (χ4n) is 3.08. The van der Waals surface area contributed by atoms with E-state index in [4.69, 9.17) is 30.5 Å². The van der Waals surface area contributed by atoms with Crippen LogP contribution in [0.1, 0.15) is 21.5 Å². The van der Waals surface area contributed by atoms with Gasteiger partial charge in [-0.2, -0.15) is 5.10 Å². The van der Waals surface area contributed by atoms with Gasteiger partial charge in [-0.15, -0.1) is 0 Å². The number of halogens is 1. The van der Waals surface area contributed by atoms with E-state index in [0.29, 0.717) is 45.8 Å². The van der Waals surface area contributed by atoms with Crippen LogP contribution in [0.3, 0.4) is 0 Å². The van der Waals surface area contributed by atoms with Crippen molar-refractivity contribution in [1.29, 1.82) is 0 Å². The zero-order valence-electron chi connectivity index (χ0n) is 20.0. The second kappa shape index (κ2) is 13.0. The molecule has 0 aliphatic carbocycles. The topological polar surface area (TPSA) is 107 Å². The fraction of sp³-hybridized carbons (Fsp3) is 0.192. The van der Waals surface area contributed by atoms with Crippen molar-refractivity contribution in [2.45, 2.75) is 6.61 Å². The highest BCUT2D eigenvalue weighted by atomic mass is 35.5. The molecule has 0 atom stereocenters. The number of ether oxygens (including phenoxy) is 4. The van der Waals surface area contributed by atoms with Gasteiger partial charge in [0.05, 0.1) is 34.1 Å². The van der Waals surface area contributed by atoms with Crippen molar-refractivity contribution < 1.29 is 28.5 Å². The third-order valence-electron chi connectivity index (χ3n) is 4.95. The number of hydrazone groups is 1. The molecule has 3 aromatic rings. The first-order chi connectivity index (χ1) is 17.4. The summed E-state index contributed by atoms with van der Waals surface area (Å²) in [5, 5.41) is 7.11. The number of amides is 2. The van der Waals surface area contributed by atoms with Crippen LogP contribution < -0.4 is 29.7 Å². The van der Waals surface area contributed by atoms with E-state index < -0.39 is 11.8 Å². The maximum absolute atomic E-state index is 12.3. The van der Waals surface area contributed by atoms with Crippen LogP contribution in [0, 0.1) is 0 Å². The Hall–Kier alpha value is -4.24. The average molecular weight is 512 g/mol. The van der Waals surface area contributed by atoms with Gasteiger partial charge in [0.25, 0.3) is 11.8 Å². The lowest BCUT2D eigenvalue weighted by Gasteiger charge is -2.11. The number of carbonyl (C=O) groups is 2. The minimum atomic E-state index is -0.491. The summed E-state index contributed by atoms with van der Waals surface area (Å²) in [5.41, 5.74) is 4.35. The van der Waals surface area contributed by atoms with E-state index >= 15 is 0 Å². The number of nitrogens with one attached hydrogen (secondary N) is 2. The Morgan fingerprint density at radius 1 is 0.861 bits per heavy atom. The number of rotatable bonds is 11. The molecule has 3 aromatic carbocycles. The van der Waals surface area contributed by atoms with E-state index in [-0.39, 0.29) is 6.54 Å². The van der Waals surface area contributed by atoms with Crippen molar-refractivity contribution in [1.82, 2.24) is 10.7 Å². The molecule has 0 aliphatic rings. The predicted octanol–water partition coefficient (Wildman–Crippen LogP) is 3.82. The minimum absolute atomic E-state index is 0.259. The summed E-state index contributed by atoms with van der Waals surface area (Å²) in [6, 6.07) is 17.3. The third-order valence-corrected chi connectivity index (χ3v) is 5.21. The molecule has 2 amide bonds. The highest BCUT2D eigenvalue weighted by Gasteiger charge is 2.12. The van der Waals surface area contributed by atoms with Gasteiger partial charge in [0.2, 0.25) is 0 Å². The molecule has 0 unspecified atom stereocenters. The summed E-state index contributed by atoms with van der Waals surface area (Å²) in [6.45, 7) is 0.0946. The maximum Gasteiger partial charge on any atom is 0.259 e. The van der Waals surface area contributed by atoms with Gasteiger partial charge in [-0.3, -0.25) is 9.59 Å². The van der Waals surface area contributed by atoms with Crippen LogP contribution >= 0.6 is 11.6 Å². The van der Waals surface area contributed by atoms with E-state index in [1.807, 2.05) is 12.1 Å². The monoisotopic (exact) mass is 511 g/mol.